The van der Waals surface area contributed by atoms with Gasteiger partial charge in [0.25, 0.3) is 0 Å². The molecule has 1 fully saturated rings. The zero-order valence-corrected chi connectivity index (χ0v) is 8.09. The third-order valence-electron chi connectivity index (χ3n) is 2.53. The Morgan fingerprint density at radius 2 is 2.33 bits per heavy atom. The first-order valence-electron chi connectivity index (χ1n) is 4.47. The topological polar surface area (TPSA) is 29.5 Å². The van der Waals surface area contributed by atoms with E-state index in [2.05, 4.69) is 13.8 Å². The van der Waals surface area contributed by atoms with E-state index < -0.39 is 0 Å². The van der Waals surface area contributed by atoms with Crippen LogP contribution >= 0.6 is 0 Å². The molecule has 1 amide bonds. The summed E-state index contributed by atoms with van der Waals surface area (Å²) in [6, 6.07) is 0. The van der Waals surface area contributed by atoms with Gasteiger partial charge in [-0.2, -0.15) is 0 Å². The molecule has 1 heterocycles. The van der Waals surface area contributed by atoms with E-state index in [4.69, 9.17) is 4.74 Å². The molecule has 1 atom stereocenters. The number of hydrogen-bond acceptors (Lipinski definition) is 2. The molecular formula is C9H17NO2. The van der Waals surface area contributed by atoms with E-state index in [0.717, 1.165) is 19.5 Å². The Labute approximate surface area is 73.7 Å². The first kappa shape index (κ1) is 9.52. The van der Waals surface area contributed by atoms with E-state index in [1.54, 1.807) is 6.92 Å². The van der Waals surface area contributed by atoms with Crippen molar-refractivity contribution in [3.8, 4) is 0 Å². The van der Waals surface area contributed by atoms with Gasteiger partial charge in [0.15, 0.2) is 0 Å². The van der Waals surface area contributed by atoms with Gasteiger partial charge in [-0.25, -0.2) is 0 Å². The Morgan fingerprint density at radius 3 is 2.83 bits per heavy atom. The predicted octanol–water partition coefficient (Wildman–Crippen LogP) is 1.03. The fourth-order valence-corrected chi connectivity index (χ4v) is 1.41. The van der Waals surface area contributed by atoms with Gasteiger partial charge in [-0.15, -0.1) is 0 Å². The van der Waals surface area contributed by atoms with Crippen LogP contribution in [-0.4, -0.2) is 36.1 Å². The van der Waals surface area contributed by atoms with Crippen LogP contribution in [-0.2, 0) is 9.53 Å². The van der Waals surface area contributed by atoms with Crippen LogP contribution in [0.2, 0.25) is 0 Å². The highest BCUT2D eigenvalue weighted by Gasteiger charge is 2.31. The van der Waals surface area contributed by atoms with Gasteiger partial charge >= 0.3 is 0 Å². The van der Waals surface area contributed by atoms with Crippen LogP contribution in [0.1, 0.15) is 27.2 Å². The zero-order chi connectivity index (χ0) is 9.19. The Balaban J connectivity index is 2.57. The summed E-state index contributed by atoms with van der Waals surface area (Å²) in [5, 5.41) is 0. The molecule has 0 aromatic carbocycles. The quantitative estimate of drug-likeness (QED) is 0.590. The smallest absolute Gasteiger partial charge is 0.219 e. The van der Waals surface area contributed by atoms with Gasteiger partial charge in [0, 0.05) is 20.0 Å². The summed E-state index contributed by atoms with van der Waals surface area (Å²) in [5.74, 6) is 0.151. The SMILES string of the molecule is CC[C@]1(C)CN(C(C)=O)CCO1. The first-order chi connectivity index (χ1) is 5.57. The van der Waals surface area contributed by atoms with Crippen LogP contribution in [0.5, 0.6) is 0 Å². The van der Waals surface area contributed by atoms with E-state index in [9.17, 15) is 4.79 Å². The van der Waals surface area contributed by atoms with Crippen molar-refractivity contribution in [2.24, 2.45) is 0 Å². The summed E-state index contributed by atoms with van der Waals surface area (Å²) in [5.41, 5.74) is -0.121. The molecule has 70 valence electrons. The maximum absolute atomic E-state index is 11.1. The molecular weight excluding hydrogens is 154 g/mol. The van der Waals surface area contributed by atoms with E-state index in [0.29, 0.717) is 6.61 Å². The van der Waals surface area contributed by atoms with Crippen LogP contribution in [0, 0.1) is 0 Å². The van der Waals surface area contributed by atoms with Crippen molar-refractivity contribution < 1.29 is 9.53 Å². The number of carbonyl (C=O) groups is 1. The average molecular weight is 171 g/mol. The molecule has 1 rings (SSSR count). The molecule has 1 saturated heterocycles. The van der Waals surface area contributed by atoms with Crippen LogP contribution in [0.4, 0.5) is 0 Å². The maximum Gasteiger partial charge on any atom is 0.219 e. The number of amides is 1. The van der Waals surface area contributed by atoms with Gasteiger partial charge in [0.2, 0.25) is 5.91 Å². The molecule has 0 spiro atoms. The Kier molecular flexibility index (Phi) is 2.73. The summed E-state index contributed by atoms with van der Waals surface area (Å²) >= 11 is 0. The summed E-state index contributed by atoms with van der Waals surface area (Å²) in [4.78, 5) is 12.9. The van der Waals surface area contributed by atoms with Crippen LogP contribution in [0.15, 0.2) is 0 Å². The molecule has 0 bridgehead atoms. The standard InChI is InChI=1S/C9H17NO2/c1-4-9(3)7-10(8(2)11)5-6-12-9/h4-7H2,1-3H3/t9-/m1/s1. The van der Waals surface area contributed by atoms with Gasteiger partial charge in [0.05, 0.1) is 12.2 Å². The molecule has 0 unspecified atom stereocenters. The summed E-state index contributed by atoms with van der Waals surface area (Å²) < 4.78 is 5.60. The van der Waals surface area contributed by atoms with E-state index in [-0.39, 0.29) is 11.5 Å². The Morgan fingerprint density at radius 1 is 1.67 bits per heavy atom. The molecule has 0 saturated carbocycles. The van der Waals surface area contributed by atoms with Gasteiger partial charge in [-0.1, -0.05) is 6.92 Å². The van der Waals surface area contributed by atoms with Crippen molar-refractivity contribution in [2.75, 3.05) is 19.7 Å². The third-order valence-corrected chi connectivity index (χ3v) is 2.53. The largest absolute Gasteiger partial charge is 0.372 e. The van der Waals surface area contributed by atoms with Gasteiger partial charge in [-0.3, -0.25) is 4.79 Å². The number of morpholine rings is 1. The predicted molar refractivity (Wildman–Crippen MR) is 46.9 cm³/mol. The summed E-state index contributed by atoms with van der Waals surface area (Å²) in [6.07, 6.45) is 0.955. The Bertz CT molecular complexity index is 181. The number of nitrogens with zero attached hydrogens (tertiary/aromatic N) is 1. The molecule has 0 aliphatic carbocycles. The molecule has 0 aromatic heterocycles. The third kappa shape index (κ3) is 1.97. The van der Waals surface area contributed by atoms with Gasteiger partial charge in [0.1, 0.15) is 0 Å². The second kappa shape index (κ2) is 3.44. The molecule has 12 heavy (non-hydrogen) atoms. The van der Waals surface area contributed by atoms with Crippen molar-refractivity contribution in [1.29, 1.82) is 0 Å². The van der Waals surface area contributed by atoms with Crippen molar-refractivity contribution in [2.45, 2.75) is 32.8 Å². The molecule has 3 nitrogen and oxygen atoms in total. The molecule has 0 aromatic rings. The second-order valence-corrected chi connectivity index (χ2v) is 3.59. The number of rotatable bonds is 1. The highest BCUT2D eigenvalue weighted by atomic mass is 16.5. The molecule has 1 aliphatic rings. The average Bonchev–Trinajstić information content (AvgIpc) is 2.05. The fraction of sp³-hybridized carbons (Fsp3) is 0.889. The van der Waals surface area contributed by atoms with Crippen molar-refractivity contribution >= 4 is 5.91 Å². The van der Waals surface area contributed by atoms with Crippen molar-refractivity contribution in [1.82, 2.24) is 4.90 Å². The van der Waals surface area contributed by atoms with Crippen LogP contribution in [0.3, 0.4) is 0 Å². The molecule has 0 radical (unpaired) electrons. The lowest BCUT2D eigenvalue weighted by atomic mass is 10.0. The fourth-order valence-electron chi connectivity index (χ4n) is 1.41. The van der Waals surface area contributed by atoms with E-state index >= 15 is 0 Å². The zero-order valence-electron chi connectivity index (χ0n) is 8.09. The lowest BCUT2D eigenvalue weighted by Gasteiger charge is -2.39. The minimum Gasteiger partial charge on any atom is -0.372 e. The first-order valence-corrected chi connectivity index (χ1v) is 4.47. The minimum absolute atomic E-state index is 0.121. The maximum atomic E-state index is 11.1. The van der Waals surface area contributed by atoms with Crippen LogP contribution in [0.25, 0.3) is 0 Å². The Hall–Kier alpha value is -0.570. The van der Waals surface area contributed by atoms with Gasteiger partial charge in [-0.05, 0) is 13.3 Å². The van der Waals surface area contributed by atoms with Crippen LogP contribution < -0.4 is 0 Å². The molecule has 3 heteroatoms. The van der Waals surface area contributed by atoms with Crippen molar-refractivity contribution in [3.05, 3.63) is 0 Å². The highest BCUT2D eigenvalue weighted by molar-refractivity contribution is 5.73. The highest BCUT2D eigenvalue weighted by Crippen LogP contribution is 2.20. The summed E-state index contributed by atoms with van der Waals surface area (Å²) in [7, 11) is 0. The van der Waals surface area contributed by atoms with E-state index in [1.165, 1.54) is 0 Å². The van der Waals surface area contributed by atoms with Crippen molar-refractivity contribution in [3.63, 3.8) is 0 Å². The van der Waals surface area contributed by atoms with E-state index in [1.807, 2.05) is 4.90 Å². The lowest BCUT2D eigenvalue weighted by molar-refractivity contribution is -0.146. The monoisotopic (exact) mass is 171 g/mol. The number of ether oxygens (including phenoxy) is 1. The van der Waals surface area contributed by atoms with Gasteiger partial charge < -0.3 is 9.64 Å². The number of carbonyl (C=O) groups excluding carboxylic acids is 1. The number of hydrogen-bond donors (Lipinski definition) is 0. The lowest BCUT2D eigenvalue weighted by Crippen LogP contribution is -2.51. The molecule has 0 N–H and O–H groups in total. The second-order valence-electron chi connectivity index (χ2n) is 3.59. The normalized spacial score (nSPS) is 30.4. The summed E-state index contributed by atoms with van der Waals surface area (Å²) in [6.45, 7) is 7.90. The minimum atomic E-state index is -0.121. The molecule has 1 aliphatic heterocycles.